The number of aromatic hydroxyl groups is 1. The molecule has 0 unspecified atom stereocenters. The lowest BCUT2D eigenvalue weighted by atomic mass is 9.83. The van der Waals surface area contributed by atoms with Gasteiger partial charge < -0.3 is 10.8 Å². The van der Waals surface area contributed by atoms with Gasteiger partial charge in [-0.15, -0.1) is 0 Å². The fourth-order valence-corrected chi connectivity index (χ4v) is 2.16. The molecule has 0 atom stereocenters. The van der Waals surface area contributed by atoms with Crippen molar-refractivity contribution in [1.29, 1.82) is 0 Å². The highest BCUT2D eigenvalue weighted by atomic mass is 16.3. The molecule has 1 aromatic rings. The predicted molar refractivity (Wildman–Crippen MR) is 66.8 cm³/mol. The van der Waals surface area contributed by atoms with Crippen LogP contribution in [-0.4, -0.2) is 11.7 Å². The summed E-state index contributed by atoms with van der Waals surface area (Å²) >= 11 is 0. The van der Waals surface area contributed by atoms with Crippen molar-refractivity contribution < 1.29 is 5.11 Å². The first-order valence-electron chi connectivity index (χ1n) is 5.93. The number of nitrogens with two attached hydrogens (primary N) is 1. The topological polar surface area (TPSA) is 46.2 Å². The van der Waals surface area contributed by atoms with E-state index < -0.39 is 0 Å². The Morgan fingerprint density at radius 2 is 1.94 bits per heavy atom. The molecule has 0 aromatic heterocycles. The Bertz CT molecular complexity index is 400. The normalized spacial score (nSPS) is 18.5. The van der Waals surface area contributed by atoms with Crippen molar-refractivity contribution in [2.75, 3.05) is 6.54 Å². The van der Waals surface area contributed by atoms with Crippen molar-refractivity contribution in [3.63, 3.8) is 0 Å². The molecule has 1 saturated carbocycles. The standard InChI is InChI=1S/C14H21NO/c1-13(2,3)10-4-5-12(16)11(8-10)14(9-15)6-7-14/h4-5,8,16H,6-7,9,15H2,1-3H3. The van der Waals surface area contributed by atoms with E-state index in [1.165, 1.54) is 5.56 Å². The highest BCUT2D eigenvalue weighted by molar-refractivity contribution is 5.46. The number of phenols is 1. The molecular formula is C14H21NO. The molecule has 1 fully saturated rings. The van der Waals surface area contributed by atoms with Gasteiger partial charge in [-0.25, -0.2) is 0 Å². The average Bonchev–Trinajstić information content (AvgIpc) is 2.97. The SMILES string of the molecule is CC(C)(C)c1ccc(O)c(C2(CN)CC2)c1. The van der Waals surface area contributed by atoms with Crippen LogP contribution in [0.15, 0.2) is 18.2 Å². The first-order valence-corrected chi connectivity index (χ1v) is 5.93. The van der Waals surface area contributed by atoms with Gasteiger partial charge in [-0.2, -0.15) is 0 Å². The highest BCUT2D eigenvalue weighted by Crippen LogP contribution is 2.50. The number of hydrogen-bond donors (Lipinski definition) is 2. The second kappa shape index (κ2) is 3.49. The van der Waals surface area contributed by atoms with E-state index in [0.29, 0.717) is 12.3 Å². The van der Waals surface area contributed by atoms with Gasteiger partial charge in [-0.3, -0.25) is 0 Å². The molecule has 0 heterocycles. The predicted octanol–water partition coefficient (Wildman–Crippen LogP) is 2.68. The molecule has 3 N–H and O–H groups in total. The van der Waals surface area contributed by atoms with Gasteiger partial charge in [0.05, 0.1) is 0 Å². The maximum absolute atomic E-state index is 9.95. The smallest absolute Gasteiger partial charge is 0.119 e. The molecular weight excluding hydrogens is 198 g/mol. The molecule has 0 spiro atoms. The van der Waals surface area contributed by atoms with Crippen LogP contribution in [0, 0.1) is 0 Å². The quantitative estimate of drug-likeness (QED) is 0.803. The van der Waals surface area contributed by atoms with Gasteiger partial charge in [0.25, 0.3) is 0 Å². The summed E-state index contributed by atoms with van der Waals surface area (Å²) in [7, 11) is 0. The number of benzene rings is 1. The minimum absolute atomic E-state index is 0.0609. The molecule has 88 valence electrons. The Labute approximate surface area is 97.5 Å². The van der Waals surface area contributed by atoms with E-state index in [1.54, 1.807) is 0 Å². The van der Waals surface area contributed by atoms with E-state index in [-0.39, 0.29) is 10.8 Å². The summed E-state index contributed by atoms with van der Waals surface area (Å²) in [5.74, 6) is 0.399. The molecule has 2 heteroatoms. The van der Waals surface area contributed by atoms with Crippen LogP contribution in [0.1, 0.15) is 44.7 Å². The number of hydrogen-bond acceptors (Lipinski definition) is 2. The van der Waals surface area contributed by atoms with E-state index in [9.17, 15) is 5.11 Å². The fourth-order valence-electron chi connectivity index (χ4n) is 2.16. The molecule has 1 aromatic carbocycles. The van der Waals surface area contributed by atoms with Crippen molar-refractivity contribution in [2.24, 2.45) is 5.73 Å². The van der Waals surface area contributed by atoms with E-state index in [2.05, 4.69) is 26.8 Å². The summed E-state index contributed by atoms with van der Waals surface area (Å²) in [5.41, 5.74) is 8.30. The van der Waals surface area contributed by atoms with Gasteiger partial charge in [0.2, 0.25) is 0 Å². The van der Waals surface area contributed by atoms with Gasteiger partial charge in [0, 0.05) is 17.5 Å². The molecule has 0 aliphatic heterocycles. The minimum atomic E-state index is 0.0609. The van der Waals surface area contributed by atoms with Crippen molar-refractivity contribution in [3.05, 3.63) is 29.3 Å². The Hall–Kier alpha value is -1.02. The molecule has 2 nitrogen and oxygen atoms in total. The van der Waals surface area contributed by atoms with Crippen LogP contribution >= 0.6 is 0 Å². The van der Waals surface area contributed by atoms with E-state index in [4.69, 9.17) is 5.73 Å². The van der Waals surface area contributed by atoms with Crippen LogP contribution in [0.5, 0.6) is 5.75 Å². The van der Waals surface area contributed by atoms with E-state index >= 15 is 0 Å². The number of phenolic OH excluding ortho intramolecular Hbond substituents is 1. The molecule has 0 amide bonds. The average molecular weight is 219 g/mol. The van der Waals surface area contributed by atoms with Gasteiger partial charge in [0.1, 0.15) is 5.75 Å². The van der Waals surface area contributed by atoms with Gasteiger partial charge in [-0.05, 0) is 29.9 Å². The van der Waals surface area contributed by atoms with Gasteiger partial charge in [0.15, 0.2) is 0 Å². The summed E-state index contributed by atoms with van der Waals surface area (Å²) in [5, 5.41) is 9.95. The molecule has 1 aliphatic carbocycles. The minimum Gasteiger partial charge on any atom is -0.508 e. The van der Waals surface area contributed by atoms with Crippen LogP contribution in [0.3, 0.4) is 0 Å². The highest BCUT2D eigenvalue weighted by Gasteiger charge is 2.44. The summed E-state index contributed by atoms with van der Waals surface area (Å²) in [6.07, 6.45) is 2.20. The lowest BCUT2D eigenvalue weighted by Gasteiger charge is -2.23. The molecule has 0 saturated heterocycles. The van der Waals surface area contributed by atoms with E-state index in [1.807, 2.05) is 12.1 Å². The second-order valence-corrected chi connectivity index (χ2v) is 5.97. The molecule has 0 bridgehead atoms. The maximum atomic E-state index is 9.95. The van der Waals surface area contributed by atoms with Crippen molar-refractivity contribution in [2.45, 2.75) is 44.4 Å². The third kappa shape index (κ3) is 1.82. The molecule has 0 radical (unpaired) electrons. The Kier molecular flexibility index (Phi) is 2.50. The zero-order chi connectivity index (χ0) is 12.0. The fraction of sp³-hybridized carbons (Fsp3) is 0.571. The summed E-state index contributed by atoms with van der Waals surface area (Å²) in [6.45, 7) is 7.19. The summed E-state index contributed by atoms with van der Waals surface area (Å²) < 4.78 is 0. The van der Waals surface area contributed by atoms with Crippen molar-refractivity contribution >= 4 is 0 Å². The van der Waals surface area contributed by atoms with Crippen LogP contribution in [0.2, 0.25) is 0 Å². The first-order chi connectivity index (χ1) is 7.39. The Morgan fingerprint density at radius 1 is 1.31 bits per heavy atom. The van der Waals surface area contributed by atoms with Gasteiger partial charge in [-0.1, -0.05) is 32.9 Å². The lowest BCUT2D eigenvalue weighted by molar-refractivity contribution is 0.457. The summed E-state index contributed by atoms with van der Waals surface area (Å²) in [6, 6.07) is 5.95. The van der Waals surface area contributed by atoms with Crippen LogP contribution < -0.4 is 5.73 Å². The zero-order valence-electron chi connectivity index (χ0n) is 10.4. The summed E-state index contributed by atoms with van der Waals surface area (Å²) in [4.78, 5) is 0. The Morgan fingerprint density at radius 3 is 2.38 bits per heavy atom. The third-order valence-electron chi connectivity index (χ3n) is 3.68. The lowest BCUT2D eigenvalue weighted by Crippen LogP contribution is -2.21. The number of rotatable bonds is 2. The van der Waals surface area contributed by atoms with Crippen molar-refractivity contribution in [1.82, 2.24) is 0 Å². The van der Waals surface area contributed by atoms with Gasteiger partial charge >= 0.3 is 0 Å². The van der Waals surface area contributed by atoms with Crippen LogP contribution in [-0.2, 0) is 10.8 Å². The second-order valence-electron chi connectivity index (χ2n) is 5.97. The van der Waals surface area contributed by atoms with Crippen LogP contribution in [0.4, 0.5) is 0 Å². The van der Waals surface area contributed by atoms with Crippen molar-refractivity contribution in [3.8, 4) is 5.75 Å². The molecule has 16 heavy (non-hydrogen) atoms. The van der Waals surface area contributed by atoms with Crippen LogP contribution in [0.25, 0.3) is 0 Å². The maximum Gasteiger partial charge on any atom is 0.119 e. The van der Waals surface area contributed by atoms with E-state index in [0.717, 1.165) is 18.4 Å². The first kappa shape index (κ1) is 11.5. The monoisotopic (exact) mass is 219 g/mol. The zero-order valence-corrected chi connectivity index (χ0v) is 10.4. The Balaban J connectivity index is 2.46. The largest absolute Gasteiger partial charge is 0.508 e. The molecule has 2 rings (SSSR count). The molecule has 1 aliphatic rings. The third-order valence-corrected chi connectivity index (χ3v) is 3.68.